The summed E-state index contributed by atoms with van der Waals surface area (Å²) in [7, 11) is 2.03. The van der Waals surface area contributed by atoms with Gasteiger partial charge in [0.1, 0.15) is 0 Å². The van der Waals surface area contributed by atoms with E-state index in [1.54, 1.807) is 0 Å². The molecule has 0 aliphatic rings. The average molecular weight is 215 g/mol. The lowest BCUT2D eigenvalue weighted by Crippen LogP contribution is -2.43. The fourth-order valence-electron chi connectivity index (χ4n) is 1.21. The van der Waals surface area contributed by atoms with Gasteiger partial charge < -0.3 is 16.0 Å². The van der Waals surface area contributed by atoms with Crippen LogP contribution in [0.2, 0.25) is 0 Å². The molecular formula is C11H25N3O. The van der Waals surface area contributed by atoms with Gasteiger partial charge in [-0.2, -0.15) is 0 Å². The molecule has 0 aliphatic carbocycles. The molecule has 4 nitrogen and oxygen atoms in total. The molecule has 0 rings (SSSR count). The second kappa shape index (κ2) is 8.68. The zero-order chi connectivity index (χ0) is 11.7. The van der Waals surface area contributed by atoms with Crippen LogP contribution in [0.4, 0.5) is 0 Å². The van der Waals surface area contributed by atoms with Crippen molar-refractivity contribution in [2.75, 3.05) is 26.7 Å². The van der Waals surface area contributed by atoms with Crippen molar-refractivity contribution in [3.63, 3.8) is 0 Å². The molecule has 0 heterocycles. The van der Waals surface area contributed by atoms with E-state index in [1.807, 2.05) is 7.05 Å². The third-order valence-corrected chi connectivity index (χ3v) is 2.54. The third kappa shape index (κ3) is 7.33. The van der Waals surface area contributed by atoms with Gasteiger partial charge in [0.25, 0.3) is 0 Å². The van der Waals surface area contributed by atoms with Crippen LogP contribution in [0.15, 0.2) is 0 Å². The normalized spacial score (nSPS) is 12.9. The molecule has 0 saturated heterocycles. The molecule has 0 aliphatic heterocycles. The van der Waals surface area contributed by atoms with E-state index in [0.29, 0.717) is 6.54 Å². The molecule has 3 N–H and O–H groups in total. The Labute approximate surface area is 93.2 Å². The highest BCUT2D eigenvalue weighted by atomic mass is 16.2. The molecule has 0 aromatic heterocycles. The molecule has 0 aromatic rings. The lowest BCUT2D eigenvalue weighted by atomic mass is 10.1. The highest BCUT2D eigenvalue weighted by Crippen LogP contribution is 1.97. The topological polar surface area (TPSA) is 58.4 Å². The van der Waals surface area contributed by atoms with Gasteiger partial charge in [-0.05, 0) is 20.0 Å². The number of hydrogen-bond donors (Lipinski definition) is 2. The van der Waals surface area contributed by atoms with E-state index in [4.69, 9.17) is 5.73 Å². The molecule has 0 bridgehead atoms. The van der Waals surface area contributed by atoms with Crippen molar-refractivity contribution in [3.8, 4) is 0 Å². The number of amides is 1. The minimum absolute atomic E-state index is 0.0204. The predicted molar refractivity (Wildman–Crippen MR) is 63.7 cm³/mol. The van der Waals surface area contributed by atoms with Crippen LogP contribution in [0.25, 0.3) is 0 Å². The van der Waals surface area contributed by atoms with E-state index in [2.05, 4.69) is 24.1 Å². The summed E-state index contributed by atoms with van der Waals surface area (Å²) in [6.07, 6.45) is 2.88. The SMILES string of the molecule is CCCCC(N)C(=O)NCCN(C)CC. The van der Waals surface area contributed by atoms with E-state index >= 15 is 0 Å². The number of carbonyl (C=O) groups excluding carboxylic acids is 1. The Morgan fingerprint density at radius 2 is 2.13 bits per heavy atom. The number of nitrogens with two attached hydrogens (primary N) is 1. The minimum Gasteiger partial charge on any atom is -0.353 e. The lowest BCUT2D eigenvalue weighted by molar-refractivity contribution is -0.122. The van der Waals surface area contributed by atoms with Crippen molar-refractivity contribution in [2.45, 2.75) is 39.2 Å². The second-order valence-corrected chi connectivity index (χ2v) is 3.94. The van der Waals surface area contributed by atoms with Crippen LogP contribution < -0.4 is 11.1 Å². The van der Waals surface area contributed by atoms with Gasteiger partial charge in [0.05, 0.1) is 6.04 Å². The maximum Gasteiger partial charge on any atom is 0.236 e. The second-order valence-electron chi connectivity index (χ2n) is 3.94. The number of nitrogens with zero attached hydrogens (tertiary/aromatic N) is 1. The fraction of sp³-hybridized carbons (Fsp3) is 0.909. The van der Waals surface area contributed by atoms with Crippen molar-refractivity contribution >= 4 is 5.91 Å². The van der Waals surface area contributed by atoms with Crippen LogP contribution in [-0.2, 0) is 4.79 Å². The zero-order valence-electron chi connectivity index (χ0n) is 10.3. The highest BCUT2D eigenvalue weighted by molar-refractivity contribution is 5.81. The summed E-state index contributed by atoms with van der Waals surface area (Å²) in [5, 5.41) is 2.85. The van der Waals surface area contributed by atoms with Crippen LogP contribution in [0.1, 0.15) is 33.1 Å². The molecule has 0 spiro atoms. The molecule has 4 heteroatoms. The van der Waals surface area contributed by atoms with Crippen molar-refractivity contribution in [1.29, 1.82) is 0 Å². The largest absolute Gasteiger partial charge is 0.353 e. The smallest absolute Gasteiger partial charge is 0.236 e. The van der Waals surface area contributed by atoms with Crippen molar-refractivity contribution < 1.29 is 4.79 Å². The van der Waals surface area contributed by atoms with Gasteiger partial charge in [-0.1, -0.05) is 26.7 Å². The quantitative estimate of drug-likeness (QED) is 0.622. The Balaban J connectivity index is 3.55. The first-order chi connectivity index (χ1) is 7.11. The van der Waals surface area contributed by atoms with E-state index < -0.39 is 0 Å². The monoisotopic (exact) mass is 215 g/mol. The van der Waals surface area contributed by atoms with Gasteiger partial charge in [-0.25, -0.2) is 0 Å². The van der Waals surface area contributed by atoms with E-state index in [9.17, 15) is 4.79 Å². The first-order valence-corrected chi connectivity index (χ1v) is 5.83. The summed E-state index contributed by atoms with van der Waals surface area (Å²) in [4.78, 5) is 13.6. The molecule has 1 unspecified atom stereocenters. The van der Waals surface area contributed by atoms with Crippen LogP contribution in [0, 0.1) is 0 Å². The molecule has 0 radical (unpaired) electrons. The van der Waals surface area contributed by atoms with Crippen LogP contribution >= 0.6 is 0 Å². The summed E-state index contributed by atoms with van der Waals surface area (Å²) in [6.45, 7) is 6.75. The number of carbonyl (C=O) groups is 1. The number of unbranched alkanes of at least 4 members (excludes halogenated alkanes) is 1. The van der Waals surface area contributed by atoms with Gasteiger partial charge in [0, 0.05) is 13.1 Å². The molecule has 1 amide bonds. The minimum atomic E-state index is -0.336. The van der Waals surface area contributed by atoms with Crippen LogP contribution in [0.5, 0.6) is 0 Å². The van der Waals surface area contributed by atoms with Gasteiger partial charge in [0.15, 0.2) is 0 Å². The Morgan fingerprint density at radius 1 is 1.47 bits per heavy atom. The lowest BCUT2D eigenvalue weighted by Gasteiger charge is -2.16. The first kappa shape index (κ1) is 14.4. The molecule has 0 aromatic carbocycles. The Hall–Kier alpha value is -0.610. The summed E-state index contributed by atoms with van der Waals surface area (Å²) in [5.74, 6) is -0.0204. The number of likely N-dealkylation sites (N-methyl/N-ethyl adjacent to an activating group) is 1. The summed E-state index contributed by atoms with van der Waals surface area (Å²) < 4.78 is 0. The zero-order valence-corrected chi connectivity index (χ0v) is 10.3. The maximum atomic E-state index is 11.5. The Bertz CT molecular complexity index is 173. The summed E-state index contributed by atoms with van der Waals surface area (Å²) in [6, 6.07) is -0.336. The molecule has 15 heavy (non-hydrogen) atoms. The van der Waals surface area contributed by atoms with Gasteiger partial charge in [-0.3, -0.25) is 4.79 Å². The van der Waals surface area contributed by atoms with Crippen molar-refractivity contribution in [1.82, 2.24) is 10.2 Å². The number of hydrogen-bond acceptors (Lipinski definition) is 3. The summed E-state index contributed by atoms with van der Waals surface area (Å²) >= 11 is 0. The molecule has 1 atom stereocenters. The molecule has 90 valence electrons. The average Bonchev–Trinajstić information content (AvgIpc) is 2.25. The molecule has 0 saturated carbocycles. The van der Waals surface area contributed by atoms with Gasteiger partial charge in [-0.15, -0.1) is 0 Å². The Morgan fingerprint density at radius 3 is 2.67 bits per heavy atom. The Kier molecular flexibility index (Phi) is 8.33. The van der Waals surface area contributed by atoms with E-state index in [-0.39, 0.29) is 11.9 Å². The third-order valence-electron chi connectivity index (χ3n) is 2.54. The number of nitrogens with one attached hydrogen (secondary N) is 1. The highest BCUT2D eigenvalue weighted by Gasteiger charge is 2.11. The fourth-order valence-corrected chi connectivity index (χ4v) is 1.21. The van der Waals surface area contributed by atoms with Gasteiger partial charge >= 0.3 is 0 Å². The number of rotatable bonds is 8. The standard InChI is InChI=1S/C11H25N3O/c1-4-6-7-10(12)11(15)13-8-9-14(3)5-2/h10H,4-9,12H2,1-3H3,(H,13,15). The van der Waals surface area contributed by atoms with Crippen molar-refractivity contribution in [2.24, 2.45) is 5.73 Å². The van der Waals surface area contributed by atoms with Crippen molar-refractivity contribution in [3.05, 3.63) is 0 Å². The van der Waals surface area contributed by atoms with E-state index in [0.717, 1.165) is 32.4 Å². The van der Waals surface area contributed by atoms with Gasteiger partial charge in [0.2, 0.25) is 5.91 Å². The van der Waals surface area contributed by atoms with Crippen LogP contribution in [-0.4, -0.2) is 43.5 Å². The first-order valence-electron chi connectivity index (χ1n) is 5.83. The van der Waals surface area contributed by atoms with E-state index in [1.165, 1.54) is 0 Å². The van der Waals surface area contributed by atoms with Crippen LogP contribution in [0.3, 0.4) is 0 Å². The maximum absolute atomic E-state index is 11.5. The molecule has 0 fully saturated rings. The predicted octanol–water partition coefficient (Wildman–Crippen LogP) is 0.572. The molecular weight excluding hydrogens is 190 g/mol. The summed E-state index contributed by atoms with van der Waals surface area (Å²) in [5.41, 5.74) is 5.73.